The summed E-state index contributed by atoms with van der Waals surface area (Å²) in [7, 11) is 0. The standard InChI is InChI=1S/C12H17N3/c1-11(7-3-5-9-13-11)15-12(2)8-4-6-10-14-12/h3-10,13-15H,1-2H3. The molecule has 0 aromatic carbocycles. The van der Waals surface area contributed by atoms with Crippen LogP contribution in [0.25, 0.3) is 0 Å². The molecule has 80 valence electrons. The van der Waals surface area contributed by atoms with E-state index in [1.807, 2.05) is 36.7 Å². The van der Waals surface area contributed by atoms with E-state index in [1.165, 1.54) is 0 Å². The maximum Gasteiger partial charge on any atom is 0.106 e. The predicted molar refractivity (Wildman–Crippen MR) is 62.8 cm³/mol. The quantitative estimate of drug-likeness (QED) is 0.634. The van der Waals surface area contributed by atoms with Gasteiger partial charge in [-0.25, -0.2) is 0 Å². The molecule has 0 spiro atoms. The van der Waals surface area contributed by atoms with Crippen molar-refractivity contribution < 1.29 is 0 Å². The molecule has 15 heavy (non-hydrogen) atoms. The van der Waals surface area contributed by atoms with Crippen molar-refractivity contribution in [3.8, 4) is 0 Å². The Morgan fingerprint density at radius 2 is 1.27 bits per heavy atom. The topological polar surface area (TPSA) is 36.1 Å². The van der Waals surface area contributed by atoms with Crippen LogP contribution in [0.2, 0.25) is 0 Å². The lowest BCUT2D eigenvalue weighted by atomic mass is 10.0. The second-order valence-electron chi connectivity index (χ2n) is 4.25. The first-order chi connectivity index (χ1) is 7.12. The van der Waals surface area contributed by atoms with Gasteiger partial charge in [-0.15, -0.1) is 0 Å². The molecule has 0 bridgehead atoms. The smallest absolute Gasteiger partial charge is 0.106 e. The molecule has 0 fully saturated rings. The van der Waals surface area contributed by atoms with Crippen LogP contribution in [0.1, 0.15) is 13.8 Å². The maximum atomic E-state index is 3.51. The zero-order chi connectivity index (χ0) is 10.8. The highest BCUT2D eigenvalue weighted by atomic mass is 15.3. The van der Waals surface area contributed by atoms with Crippen LogP contribution in [-0.4, -0.2) is 11.3 Å². The molecule has 2 rings (SSSR count). The Morgan fingerprint density at radius 1 is 0.800 bits per heavy atom. The minimum Gasteiger partial charge on any atom is -0.370 e. The van der Waals surface area contributed by atoms with Crippen molar-refractivity contribution in [1.29, 1.82) is 0 Å². The van der Waals surface area contributed by atoms with Gasteiger partial charge in [-0.2, -0.15) is 0 Å². The number of allylic oxidation sites excluding steroid dienone is 4. The molecule has 2 unspecified atom stereocenters. The van der Waals surface area contributed by atoms with Crippen LogP contribution in [0.3, 0.4) is 0 Å². The number of nitrogens with one attached hydrogen (secondary N) is 3. The molecule has 3 nitrogen and oxygen atoms in total. The molecule has 2 atom stereocenters. The lowest BCUT2D eigenvalue weighted by Crippen LogP contribution is -2.64. The Balaban J connectivity index is 2.08. The van der Waals surface area contributed by atoms with E-state index < -0.39 is 0 Å². The SMILES string of the molecule is CC1(NC2(C)C=CC=CN2)C=CC=CN1. The van der Waals surface area contributed by atoms with Crippen LogP contribution in [0, 0.1) is 0 Å². The van der Waals surface area contributed by atoms with Gasteiger partial charge in [0.05, 0.1) is 0 Å². The summed E-state index contributed by atoms with van der Waals surface area (Å²) < 4.78 is 0. The Labute approximate surface area is 90.6 Å². The second kappa shape index (κ2) is 3.59. The van der Waals surface area contributed by atoms with Gasteiger partial charge in [0.15, 0.2) is 0 Å². The summed E-state index contributed by atoms with van der Waals surface area (Å²) in [6.07, 6.45) is 16.1. The van der Waals surface area contributed by atoms with Gasteiger partial charge in [-0.3, -0.25) is 5.32 Å². The van der Waals surface area contributed by atoms with Crippen LogP contribution in [0.15, 0.2) is 48.9 Å². The Kier molecular flexibility index (Phi) is 2.40. The van der Waals surface area contributed by atoms with Crippen LogP contribution in [-0.2, 0) is 0 Å². The van der Waals surface area contributed by atoms with Crippen molar-refractivity contribution in [3.05, 3.63) is 48.9 Å². The number of hydrogen-bond donors (Lipinski definition) is 3. The van der Waals surface area contributed by atoms with E-state index in [4.69, 9.17) is 0 Å². The summed E-state index contributed by atoms with van der Waals surface area (Å²) in [4.78, 5) is 0. The van der Waals surface area contributed by atoms with E-state index in [9.17, 15) is 0 Å². The second-order valence-corrected chi connectivity index (χ2v) is 4.25. The average molecular weight is 203 g/mol. The molecule has 0 saturated carbocycles. The first-order valence-electron chi connectivity index (χ1n) is 5.15. The normalized spacial score (nSPS) is 37.5. The fraction of sp³-hybridized carbons (Fsp3) is 0.333. The summed E-state index contributed by atoms with van der Waals surface area (Å²) in [5.41, 5.74) is -0.433. The van der Waals surface area contributed by atoms with Crippen molar-refractivity contribution >= 4 is 0 Å². The van der Waals surface area contributed by atoms with Gasteiger partial charge >= 0.3 is 0 Å². The van der Waals surface area contributed by atoms with E-state index in [2.05, 4.69) is 41.9 Å². The average Bonchev–Trinajstić information content (AvgIpc) is 2.18. The summed E-state index contributed by atoms with van der Waals surface area (Å²) in [5.74, 6) is 0. The summed E-state index contributed by atoms with van der Waals surface area (Å²) in [6, 6.07) is 0. The molecule has 0 aromatic heterocycles. The Morgan fingerprint density at radius 3 is 1.60 bits per heavy atom. The highest BCUT2D eigenvalue weighted by molar-refractivity contribution is 5.23. The molecule has 2 aliphatic rings. The van der Waals surface area contributed by atoms with E-state index in [1.54, 1.807) is 0 Å². The van der Waals surface area contributed by atoms with Gasteiger partial charge < -0.3 is 10.6 Å². The van der Waals surface area contributed by atoms with Crippen molar-refractivity contribution in [2.24, 2.45) is 0 Å². The minimum atomic E-state index is -0.216. The first kappa shape index (κ1) is 10.1. The third-order valence-corrected chi connectivity index (χ3v) is 2.56. The summed E-state index contributed by atoms with van der Waals surface area (Å²) in [5, 5.41) is 10.1. The van der Waals surface area contributed by atoms with E-state index in [0.29, 0.717) is 0 Å². The number of dihydropyridines is 2. The third-order valence-electron chi connectivity index (χ3n) is 2.56. The zero-order valence-electron chi connectivity index (χ0n) is 9.12. The minimum absolute atomic E-state index is 0.216. The molecule has 0 amide bonds. The number of hydrogen-bond acceptors (Lipinski definition) is 3. The molecular formula is C12H17N3. The van der Waals surface area contributed by atoms with E-state index in [0.717, 1.165) is 0 Å². The monoisotopic (exact) mass is 203 g/mol. The van der Waals surface area contributed by atoms with Crippen molar-refractivity contribution in [2.45, 2.75) is 25.2 Å². The van der Waals surface area contributed by atoms with E-state index in [-0.39, 0.29) is 11.3 Å². The molecule has 0 aliphatic carbocycles. The van der Waals surface area contributed by atoms with Crippen LogP contribution < -0.4 is 16.0 Å². The fourth-order valence-electron chi connectivity index (χ4n) is 1.84. The lowest BCUT2D eigenvalue weighted by Gasteiger charge is -2.40. The van der Waals surface area contributed by atoms with Gasteiger partial charge in [0.1, 0.15) is 11.3 Å². The largest absolute Gasteiger partial charge is 0.370 e. The molecule has 2 aliphatic heterocycles. The highest BCUT2D eigenvalue weighted by Crippen LogP contribution is 2.14. The maximum absolute atomic E-state index is 3.51. The summed E-state index contributed by atoms with van der Waals surface area (Å²) >= 11 is 0. The van der Waals surface area contributed by atoms with Crippen LogP contribution >= 0.6 is 0 Å². The molecular weight excluding hydrogens is 186 g/mol. The highest BCUT2D eigenvalue weighted by Gasteiger charge is 2.30. The predicted octanol–water partition coefficient (Wildman–Crippen LogP) is 1.35. The molecule has 0 saturated heterocycles. The zero-order valence-corrected chi connectivity index (χ0v) is 9.12. The fourth-order valence-corrected chi connectivity index (χ4v) is 1.84. The number of rotatable bonds is 2. The van der Waals surface area contributed by atoms with Gasteiger partial charge in [0, 0.05) is 0 Å². The van der Waals surface area contributed by atoms with Gasteiger partial charge in [0.25, 0.3) is 0 Å². The van der Waals surface area contributed by atoms with E-state index >= 15 is 0 Å². The Bertz CT molecular complexity index is 320. The van der Waals surface area contributed by atoms with Crippen LogP contribution in [0.4, 0.5) is 0 Å². The molecule has 3 heteroatoms. The van der Waals surface area contributed by atoms with Gasteiger partial charge in [-0.05, 0) is 50.6 Å². The Hall–Kier alpha value is -1.48. The lowest BCUT2D eigenvalue weighted by molar-refractivity contribution is 0.270. The van der Waals surface area contributed by atoms with Crippen molar-refractivity contribution in [3.63, 3.8) is 0 Å². The third kappa shape index (κ3) is 2.30. The van der Waals surface area contributed by atoms with Crippen molar-refractivity contribution in [1.82, 2.24) is 16.0 Å². The molecule has 0 aromatic rings. The molecule has 3 N–H and O–H groups in total. The van der Waals surface area contributed by atoms with Gasteiger partial charge in [0.2, 0.25) is 0 Å². The van der Waals surface area contributed by atoms with Gasteiger partial charge in [-0.1, -0.05) is 12.2 Å². The van der Waals surface area contributed by atoms with Crippen LogP contribution in [0.5, 0.6) is 0 Å². The molecule has 2 heterocycles. The summed E-state index contributed by atoms with van der Waals surface area (Å²) in [6.45, 7) is 4.21. The molecule has 0 radical (unpaired) electrons. The first-order valence-corrected chi connectivity index (χ1v) is 5.15. The van der Waals surface area contributed by atoms with Crippen molar-refractivity contribution in [2.75, 3.05) is 0 Å².